The summed E-state index contributed by atoms with van der Waals surface area (Å²) in [6, 6.07) is 9.42. The van der Waals surface area contributed by atoms with Crippen LogP contribution >= 0.6 is 0 Å². The van der Waals surface area contributed by atoms with Crippen LogP contribution in [0.5, 0.6) is 5.75 Å². The molecule has 6 nitrogen and oxygen atoms in total. The number of ether oxygens (including phenoxy) is 2. The molecule has 1 atom stereocenters. The van der Waals surface area contributed by atoms with Gasteiger partial charge in [0.25, 0.3) is 0 Å². The van der Waals surface area contributed by atoms with E-state index in [0.29, 0.717) is 26.2 Å². The van der Waals surface area contributed by atoms with Crippen molar-refractivity contribution in [2.75, 3.05) is 26.2 Å². The van der Waals surface area contributed by atoms with Crippen LogP contribution in [0.2, 0.25) is 0 Å². The third-order valence-corrected chi connectivity index (χ3v) is 3.80. The molecule has 2 heterocycles. The van der Waals surface area contributed by atoms with Crippen LogP contribution in [0.15, 0.2) is 30.3 Å². The van der Waals surface area contributed by atoms with Crippen molar-refractivity contribution in [3.05, 3.63) is 30.3 Å². The molecule has 3 rings (SSSR count). The Kier molecular flexibility index (Phi) is 3.45. The van der Waals surface area contributed by atoms with E-state index in [1.54, 1.807) is 4.90 Å². The van der Waals surface area contributed by atoms with Crippen LogP contribution in [-0.2, 0) is 9.53 Å². The Morgan fingerprint density at radius 1 is 1.43 bits per heavy atom. The van der Waals surface area contributed by atoms with Crippen molar-refractivity contribution in [1.29, 1.82) is 0 Å². The molecule has 0 aliphatic carbocycles. The van der Waals surface area contributed by atoms with Crippen molar-refractivity contribution < 1.29 is 19.1 Å². The number of para-hydroxylation sites is 1. The van der Waals surface area contributed by atoms with Crippen LogP contribution in [0.25, 0.3) is 0 Å². The number of alkyl carbamates (subject to hydrolysis) is 1. The molecule has 0 saturated carbocycles. The number of nitrogens with one attached hydrogen (secondary N) is 1. The lowest BCUT2D eigenvalue weighted by Gasteiger charge is -2.46. The quantitative estimate of drug-likeness (QED) is 0.899. The van der Waals surface area contributed by atoms with E-state index in [-0.39, 0.29) is 11.8 Å². The van der Waals surface area contributed by atoms with E-state index in [0.717, 1.165) is 5.75 Å². The molecule has 0 aromatic heterocycles. The SMILES string of the molecule is CC(COc1ccccc1)C(=O)N1CC2(CNC(=O)O2)C1. The van der Waals surface area contributed by atoms with E-state index in [1.807, 2.05) is 37.3 Å². The highest BCUT2D eigenvalue weighted by molar-refractivity contribution is 5.80. The van der Waals surface area contributed by atoms with Gasteiger partial charge in [0.05, 0.1) is 32.2 Å². The zero-order valence-electron chi connectivity index (χ0n) is 11.9. The molecule has 2 amide bonds. The molecule has 1 aromatic carbocycles. The van der Waals surface area contributed by atoms with Crippen LogP contribution in [0, 0.1) is 5.92 Å². The zero-order valence-corrected chi connectivity index (χ0v) is 11.9. The van der Waals surface area contributed by atoms with E-state index in [2.05, 4.69) is 5.32 Å². The largest absolute Gasteiger partial charge is 0.493 e. The van der Waals surface area contributed by atoms with Gasteiger partial charge in [0.1, 0.15) is 5.75 Å². The molecule has 1 unspecified atom stereocenters. The Labute approximate surface area is 123 Å². The summed E-state index contributed by atoms with van der Waals surface area (Å²) in [5.41, 5.74) is -0.507. The summed E-state index contributed by atoms with van der Waals surface area (Å²) in [5, 5.41) is 2.62. The average molecular weight is 290 g/mol. The number of benzene rings is 1. The van der Waals surface area contributed by atoms with Crippen LogP contribution in [0.1, 0.15) is 6.92 Å². The van der Waals surface area contributed by atoms with Gasteiger partial charge in [-0.25, -0.2) is 4.79 Å². The van der Waals surface area contributed by atoms with Crippen LogP contribution in [0.3, 0.4) is 0 Å². The highest BCUT2D eigenvalue weighted by Gasteiger charge is 2.52. The smallest absolute Gasteiger partial charge is 0.408 e. The summed E-state index contributed by atoms with van der Waals surface area (Å²) in [6.45, 7) is 3.57. The minimum absolute atomic E-state index is 0.0273. The first-order valence-corrected chi connectivity index (χ1v) is 7.01. The molecule has 6 heteroatoms. The van der Waals surface area contributed by atoms with Gasteiger partial charge < -0.3 is 19.7 Å². The maximum absolute atomic E-state index is 12.3. The van der Waals surface area contributed by atoms with Crippen molar-refractivity contribution in [1.82, 2.24) is 10.2 Å². The first-order chi connectivity index (χ1) is 10.1. The molecule has 2 saturated heterocycles. The minimum Gasteiger partial charge on any atom is -0.493 e. The summed E-state index contributed by atoms with van der Waals surface area (Å²) in [4.78, 5) is 25.0. The number of hydrogen-bond donors (Lipinski definition) is 1. The van der Waals surface area contributed by atoms with E-state index in [9.17, 15) is 9.59 Å². The highest BCUT2D eigenvalue weighted by Crippen LogP contribution is 2.29. The van der Waals surface area contributed by atoms with Crippen molar-refractivity contribution in [3.8, 4) is 5.75 Å². The summed E-state index contributed by atoms with van der Waals surface area (Å²) >= 11 is 0. The number of hydrogen-bond acceptors (Lipinski definition) is 4. The normalized spacial score (nSPS) is 20.4. The van der Waals surface area contributed by atoms with Crippen LogP contribution in [-0.4, -0.2) is 48.7 Å². The Hall–Kier alpha value is -2.24. The number of amides is 2. The summed E-state index contributed by atoms with van der Waals surface area (Å²) in [7, 11) is 0. The van der Waals surface area contributed by atoms with Gasteiger partial charge in [-0.1, -0.05) is 25.1 Å². The molecular formula is C15H18N2O4. The van der Waals surface area contributed by atoms with Gasteiger partial charge in [0.15, 0.2) is 5.60 Å². The summed E-state index contributed by atoms with van der Waals surface area (Å²) in [5.74, 6) is 0.554. The molecule has 2 fully saturated rings. The molecule has 2 aliphatic rings. The highest BCUT2D eigenvalue weighted by atomic mass is 16.6. The lowest BCUT2D eigenvalue weighted by atomic mass is 9.93. The first-order valence-electron chi connectivity index (χ1n) is 7.01. The fourth-order valence-electron chi connectivity index (χ4n) is 2.60. The Bertz CT molecular complexity index is 540. The Morgan fingerprint density at radius 3 is 2.76 bits per heavy atom. The second-order valence-corrected chi connectivity index (χ2v) is 5.65. The summed E-state index contributed by atoms with van der Waals surface area (Å²) in [6.07, 6.45) is -0.400. The van der Waals surface area contributed by atoms with Crippen LogP contribution < -0.4 is 10.1 Å². The van der Waals surface area contributed by atoms with Crippen molar-refractivity contribution in [3.63, 3.8) is 0 Å². The Balaban J connectivity index is 1.47. The topological polar surface area (TPSA) is 67.9 Å². The maximum Gasteiger partial charge on any atom is 0.408 e. The number of carbonyl (C=O) groups excluding carboxylic acids is 2. The van der Waals surface area contributed by atoms with E-state index >= 15 is 0 Å². The number of nitrogens with zero attached hydrogens (tertiary/aromatic N) is 1. The van der Waals surface area contributed by atoms with E-state index in [4.69, 9.17) is 9.47 Å². The lowest BCUT2D eigenvalue weighted by Crippen LogP contribution is -2.66. The van der Waals surface area contributed by atoms with Crippen molar-refractivity contribution in [2.45, 2.75) is 12.5 Å². The van der Waals surface area contributed by atoms with Gasteiger partial charge in [0.2, 0.25) is 5.91 Å². The molecule has 1 spiro atoms. The minimum atomic E-state index is -0.507. The van der Waals surface area contributed by atoms with Gasteiger partial charge in [-0.3, -0.25) is 4.79 Å². The summed E-state index contributed by atoms with van der Waals surface area (Å²) < 4.78 is 10.8. The van der Waals surface area contributed by atoms with Gasteiger partial charge >= 0.3 is 6.09 Å². The fraction of sp³-hybridized carbons (Fsp3) is 0.467. The fourth-order valence-corrected chi connectivity index (χ4v) is 2.60. The van der Waals surface area contributed by atoms with E-state index in [1.165, 1.54) is 0 Å². The Morgan fingerprint density at radius 2 is 2.14 bits per heavy atom. The second kappa shape index (κ2) is 5.27. The molecule has 112 valence electrons. The number of rotatable bonds is 4. The third kappa shape index (κ3) is 2.79. The van der Waals surface area contributed by atoms with Gasteiger partial charge in [-0.15, -0.1) is 0 Å². The standard InChI is InChI=1S/C15H18N2O4/c1-11(7-20-12-5-3-2-4-6-12)13(18)17-9-15(10-17)8-16-14(19)21-15/h2-6,11H,7-10H2,1H3,(H,16,19). The monoisotopic (exact) mass is 290 g/mol. The van der Waals surface area contributed by atoms with Crippen molar-refractivity contribution in [2.24, 2.45) is 5.92 Å². The predicted octanol–water partition coefficient (Wildman–Crippen LogP) is 1.02. The van der Waals surface area contributed by atoms with Gasteiger partial charge in [-0.05, 0) is 12.1 Å². The predicted molar refractivity (Wildman–Crippen MR) is 74.9 cm³/mol. The lowest BCUT2D eigenvalue weighted by molar-refractivity contribution is -0.154. The molecule has 21 heavy (non-hydrogen) atoms. The van der Waals surface area contributed by atoms with E-state index < -0.39 is 11.7 Å². The molecule has 1 N–H and O–H groups in total. The third-order valence-electron chi connectivity index (χ3n) is 3.80. The van der Waals surface area contributed by atoms with Crippen LogP contribution in [0.4, 0.5) is 4.79 Å². The number of likely N-dealkylation sites (tertiary alicyclic amines) is 1. The average Bonchev–Trinajstić information content (AvgIpc) is 2.86. The molecular weight excluding hydrogens is 272 g/mol. The molecule has 0 bridgehead atoms. The second-order valence-electron chi connectivity index (χ2n) is 5.65. The maximum atomic E-state index is 12.3. The van der Waals surface area contributed by atoms with Gasteiger partial charge in [0, 0.05) is 0 Å². The van der Waals surface area contributed by atoms with Gasteiger partial charge in [-0.2, -0.15) is 0 Å². The number of carbonyl (C=O) groups is 2. The molecule has 1 aromatic rings. The first kappa shape index (κ1) is 13.7. The molecule has 0 radical (unpaired) electrons. The zero-order chi connectivity index (χ0) is 14.9. The van der Waals surface area contributed by atoms with Crippen molar-refractivity contribution >= 4 is 12.0 Å². The molecule has 2 aliphatic heterocycles.